The summed E-state index contributed by atoms with van der Waals surface area (Å²) < 4.78 is 5.87. The number of aromatic nitrogens is 2. The van der Waals surface area contributed by atoms with Crippen molar-refractivity contribution in [3.8, 4) is 0 Å². The third kappa shape index (κ3) is 4.60. The van der Waals surface area contributed by atoms with Gasteiger partial charge >= 0.3 is 0 Å². The van der Waals surface area contributed by atoms with Crippen molar-refractivity contribution in [1.29, 1.82) is 0 Å². The number of benzene rings is 2. The first-order valence-electron chi connectivity index (χ1n) is 10.2. The second kappa shape index (κ2) is 9.87. The number of anilines is 1. The minimum atomic E-state index is -1.00. The quantitative estimate of drug-likeness (QED) is 0.161. The van der Waals surface area contributed by atoms with Gasteiger partial charge in [-0.25, -0.2) is 0 Å². The molecule has 1 unspecified atom stereocenters. The van der Waals surface area contributed by atoms with Crippen LogP contribution < -0.4 is 4.90 Å². The molecule has 1 N–H and O–H groups in total. The van der Waals surface area contributed by atoms with Gasteiger partial charge in [0, 0.05) is 5.75 Å². The summed E-state index contributed by atoms with van der Waals surface area (Å²) >= 11 is 15.0. The Labute approximate surface area is 218 Å². The van der Waals surface area contributed by atoms with Gasteiger partial charge in [-0.1, -0.05) is 82.7 Å². The number of halogens is 2. The van der Waals surface area contributed by atoms with Crippen LogP contribution in [-0.4, -0.2) is 27.0 Å². The second-order valence-corrected chi connectivity index (χ2v) is 10.4. The topological polar surface area (TPSA) is 96.5 Å². The lowest BCUT2D eigenvalue weighted by Gasteiger charge is -2.24. The summed E-state index contributed by atoms with van der Waals surface area (Å²) in [4.78, 5) is 27.7. The van der Waals surface area contributed by atoms with E-state index >= 15 is 0 Å². The van der Waals surface area contributed by atoms with Gasteiger partial charge in [-0.2, -0.15) is 0 Å². The fourth-order valence-electron chi connectivity index (χ4n) is 3.65. The monoisotopic (exact) mass is 543 g/mol. The molecule has 176 valence electrons. The van der Waals surface area contributed by atoms with Gasteiger partial charge in [0.2, 0.25) is 10.9 Å². The molecule has 0 saturated carbocycles. The highest BCUT2D eigenvalue weighted by Gasteiger charge is 2.46. The smallest absolute Gasteiger partial charge is 0.296 e. The molecule has 11 heteroatoms. The van der Waals surface area contributed by atoms with Crippen LogP contribution in [0.3, 0.4) is 0 Å². The molecule has 35 heavy (non-hydrogen) atoms. The highest BCUT2D eigenvalue weighted by Crippen LogP contribution is 2.44. The van der Waals surface area contributed by atoms with Gasteiger partial charge in [0.15, 0.2) is 15.9 Å². The number of hydrogen-bond donors (Lipinski definition) is 1. The molecule has 0 fully saturated rings. The maximum absolute atomic E-state index is 13.3. The fraction of sp³-hybridized carbons (Fsp3) is 0.0833. The van der Waals surface area contributed by atoms with Gasteiger partial charge < -0.3 is 9.52 Å². The molecule has 0 bridgehead atoms. The van der Waals surface area contributed by atoms with Crippen LogP contribution in [0.25, 0.3) is 0 Å². The largest absolute Gasteiger partial charge is 0.503 e. The van der Waals surface area contributed by atoms with E-state index in [4.69, 9.17) is 27.6 Å². The number of nitrogens with zero attached hydrogens (tertiary/aromatic N) is 3. The highest BCUT2D eigenvalue weighted by molar-refractivity contribution is 8.00. The molecule has 2 aromatic carbocycles. The Hall–Kier alpha value is -3.11. The number of amides is 1. The Morgan fingerprint density at radius 2 is 1.89 bits per heavy atom. The van der Waals surface area contributed by atoms with Crippen molar-refractivity contribution in [3.63, 3.8) is 0 Å². The minimum Gasteiger partial charge on any atom is -0.503 e. The Balaban J connectivity index is 1.52. The zero-order valence-electron chi connectivity index (χ0n) is 17.7. The van der Waals surface area contributed by atoms with E-state index in [1.807, 2.05) is 30.3 Å². The third-order valence-electron chi connectivity index (χ3n) is 5.26. The highest BCUT2D eigenvalue weighted by atomic mass is 35.5. The predicted molar refractivity (Wildman–Crippen MR) is 135 cm³/mol. The zero-order chi connectivity index (χ0) is 24.5. The SMILES string of the molecule is O=C(C1=C(O)C(=O)N(c2nnc(SCc3ccccc3)s2)C1c1ccc(Cl)c(Cl)c1)c1ccco1. The van der Waals surface area contributed by atoms with Crippen LogP contribution in [-0.2, 0) is 10.5 Å². The molecule has 0 saturated heterocycles. The van der Waals surface area contributed by atoms with E-state index in [0.29, 0.717) is 20.7 Å². The van der Waals surface area contributed by atoms with Crippen molar-refractivity contribution < 1.29 is 19.1 Å². The van der Waals surface area contributed by atoms with Crippen molar-refractivity contribution in [2.24, 2.45) is 0 Å². The maximum Gasteiger partial charge on any atom is 0.296 e. The van der Waals surface area contributed by atoms with E-state index in [1.165, 1.54) is 40.3 Å². The number of ketones is 1. The predicted octanol–water partition coefficient (Wildman–Crippen LogP) is 6.51. The van der Waals surface area contributed by atoms with Crippen LogP contribution in [0, 0.1) is 0 Å². The molecule has 5 rings (SSSR count). The van der Waals surface area contributed by atoms with E-state index in [9.17, 15) is 14.7 Å². The molecule has 7 nitrogen and oxygen atoms in total. The minimum absolute atomic E-state index is 0.0115. The van der Waals surface area contributed by atoms with Gasteiger partial charge in [-0.15, -0.1) is 10.2 Å². The average Bonchev–Trinajstić information content (AvgIpc) is 3.61. The van der Waals surface area contributed by atoms with E-state index < -0.39 is 23.5 Å². The van der Waals surface area contributed by atoms with Crippen LogP contribution in [0.2, 0.25) is 10.0 Å². The molecule has 1 amide bonds. The van der Waals surface area contributed by atoms with Crippen molar-refractivity contribution in [1.82, 2.24) is 10.2 Å². The van der Waals surface area contributed by atoms with E-state index in [2.05, 4.69) is 10.2 Å². The summed E-state index contributed by atoms with van der Waals surface area (Å²) in [6.45, 7) is 0. The van der Waals surface area contributed by atoms with Gasteiger partial charge in [0.1, 0.15) is 0 Å². The summed E-state index contributed by atoms with van der Waals surface area (Å²) in [5, 5.41) is 20.0. The standard InChI is InChI=1S/C24H15Cl2N3O4S2/c25-15-9-8-14(11-16(15)26)19-18(20(30)17-7-4-10-33-17)21(31)22(32)29(19)23-27-28-24(35-23)34-12-13-5-2-1-3-6-13/h1-11,19,31H,12H2. The molecular formula is C24H15Cl2N3O4S2. The summed E-state index contributed by atoms with van der Waals surface area (Å²) in [6.07, 6.45) is 1.34. The molecule has 0 spiro atoms. The van der Waals surface area contributed by atoms with Crippen molar-refractivity contribution in [2.45, 2.75) is 16.1 Å². The van der Waals surface area contributed by atoms with Crippen LogP contribution >= 0.6 is 46.3 Å². The molecular weight excluding hydrogens is 529 g/mol. The van der Waals surface area contributed by atoms with Crippen LogP contribution in [0.15, 0.2) is 87.0 Å². The number of carbonyl (C=O) groups excluding carboxylic acids is 2. The van der Waals surface area contributed by atoms with E-state index in [0.717, 1.165) is 5.56 Å². The first kappa shape index (κ1) is 23.6. The van der Waals surface area contributed by atoms with E-state index in [-0.39, 0.29) is 21.5 Å². The van der Waals surface area contributed by atoms with Crippen LogP contribution in [0.1, 0.15) is 27.7 Å². The molecule has 3 heterocycles. The summed E-state index contributed by atoms with van der Waals surface area (Å²) in [5.41, 5.74) is 1.45. The number of furan rings is 1. The lowest BCUT2D eigenvalue weighted by atomic mass is 9.95. The van der Waals surface area contributed by atoms with Crippen molar-refractivity contribution >= 4 is 63.1 Å². The van der Waals surface area contributed by atoms with Gasteiger partial charge in [0.25, 0.3) is 5.91 Å². The number of Topliss-reactive ketones (excluding diaryl/α,β-unsaturated/α-hetero) is 1. The molecule has 0 radical (unpaired) electrons. The van der Waals surface area contributed by atoms with E-state index in [1.54, 1.807) is 24.3 Å². The maximum atomic E-state index is 13.3. The number of aliphatic hydroxyl groups is 1. The summed E-state index contributed by atoms with van der Waals surface area (Å²) in [5.74, 6) is -1.42. The molecule has 0 aliphatic carbocycles. The molecule has 2 aromatic heterocycles. The number of carbonyl (C=O) groups is 2. The Morgan fingerprint density at radius 3 is 2.60 bits per heavy atom. The lowest BCUT2D eigenvalue weighted by Crippen LogP contribution is -2.31. The molecule has 4 aromatic rings. The fourth-order valence-corrected chi connectivity index (χ4v) is 5.78. The summed E-state index contributed by atoms with van der Waals surface area (Å²) in [7, 11) is 0. The number of hydrogen-bond acceptors (Lipinski definition) is 8. The Morgan fingerprint density at radius 1 is 1.09 bits per heavy atom. The van der Waals surface area contributed by atoms with Crippen molar-refractivity contribution in [2.75, 3.05) is 4.90 Å². The van der Waals surface area contributed by atoms with Gasteiger partial charge in [-0.3, -0.25) is 14.5 Å². The first-order valence-corrected chi connectivity index (χ1v) is 12.8. The zero-order valence-corrected chi connectivity index (χ0v) is 20.9. The molecule has 1 aliphatic heterocycles. The van der Waals surface area contributed by atoms with Crippen molar-refractivity contribution in [3.05, 3.63) is 105 Å². The van der Waals surface area contributed by atoms with Gasteiger partial charge in [0.05, 0.1) is 27.9 Å². The molecule has 1 aliphatic rings. The summed E-state index contributed by atoms with van der Waals surface area (Å²) in [6, 6.07) is 16.6. The first-order chi connectivity index (χ1) is 16.9. The number of thioether (sulfide) groups is 1. The normalized spacial score (nSPS) is 15.8. The lowest BCUT2D eigenvalue weighted by molar-refractivity contribution is -0.117. The molecule has 1 atom stereocenters. The van der Waals surface area contributed by atoms with Crippen LogP contribution in [0.4, 0.5) is 5.13 Å². The van der Waals surface area contributed by atoms with Crippen LogP contribution in [0.5, 0.6) is 0 Å². The third-order valence-corrected chi connectivity index (χ3v) is 8.13. The Bertz CT molecular complexity index is 1440. The van der Waals surface area contributed by atoms with Gasteiger partial charge in [-0.05, 0) is 35.4 Å². The average molecular weight is 544 g/mol. The second-order valence-electron chi connectivity index (χ2n) is 7.44. The number of aliphatic hydroxyl groups excluding tert-OH is 1. The number of rotatable bonds is 7. The Kier molecular flexibility index (Phi) is 6.66.